The average molecular weight is 357 g/mol. The van der Waals surface area contributed by atoms with Gasteiger partial charge in [0, 0.05) is 5.92 Å². The van der Waals surface area contributed by atoms with Crippen LogP contribution in [-0.2, 0) is 22.4 Å². The maximum absolute atomic E-state index is 12.2. The van der Waals surface area contributed by atoms with Gasteiger partial charge in [-0.1, -0.05) is 12.1 Å². The minimum absolute atomic E-state index is 0.0460. The van der Waals surface area contributed by atoms with E-state index in [-0.39, 0.29) is 23.6 Å². The minimum atomic E-state index is -0.243. The first-order chi connectivity index (χ1) is 12.5. The van der Waals surface area contributed by atoms with Gasteiger partial charge in [-0.3, -0.25) is 4.79 Å². The summed E-state index contributed by atoms with van der Waals surface area (Å²) < 4.78 is 15.9. The lowest BCUT2D eigenvalue weighted by molar-refractivity contribution is -0.141. The Hall–Kier alpha value is -2.89. The summed E-state index contributed by atoms with van der Waals surface area (Å²) in [5.74, 6) is 1.01. The van der Waals surface area contributed by atoms with Crippen LogP contribution in [0.25, 0.3) is 0 Å². The monoisotopic (exact) mass is 357 g/mol. The summed E-state index contributed by atoms with van der Waals surface area (Å²) in [6, 6.07) is 10.8. The Morgan fingerprint density at radius 3 is 2.46 bits per heavy atom. The molecule has 1 aliphatic rings. The fraction of sp³-hybridized carbons (Fsp3) is 0.350. The highest BCUT2D eigenvalue weighted by Gasteiger charge is 2.37. The van der Waals surface area contributed by atoms with Gasteiger partial charge in [-0.05, 0) is 48.2 Å². The number of carbonyl (C=O) groups is 1. The Balaban J connectivity index is 1.76. The van der Waals surface area contributed by atoms with E-state index in [4.69, 9.17) is 19.9 Å². The highest BCUT2D eigenvalue weighted by molar-refractivity contribution is 5.75. The van der Waals surface area contributed by atoms with Crippen molar-refractivity contribution in [2.24, 2.45) is 11.8 Å². The Morgan fingerprint density at radius 1 is 1.08 bits per heavy atom. The molecule has 2 atom stereocenters. The van der Waals surface area contributed by atoms with Crippen LogP contribution in [0.2, 0.25) is 0 Å². The second kappa shape index (κ2) is 7.56. The number of anilines is 1. The number of methoxy groups -OCH3 is 2. The molecule has 26 heavy (non-hydrogen) atoms. The lowest BCUT2D eigenvalue weighted by Gasteiger charge is -2.17. The van der Waals surface area contributed by atoms with Crippen molar-refractivity contribution in [2.45, 2.75) is 12.8 Å². The smallest absolute Gasteiger partial charge is 0.309 e. The summed E-state index contributed by atoms with van der Waals surface area (Å²) in [5, 5.41) is 9.56. The molecule has 2 aromatic rings. The molecule has 1 aliphatic heterocycles. The van der Waals surface area contributed by atoms with E-state index in [1.54, 1.807) is 32.4 Å². The first-order valence-corrected chi connectivity index (χ1v) is 8.46. The third-order valence-electron chi connectivity index (χ3n) is 4.80. The first kappa shape index (κ1) is 17.9. The number of hydrogen-bond donors (Lipinski definition) is 2. The molecule has 0 aliphatic carbocycles. The van der Waals surface area contributed by atoms with Crippen molar-refractivity contribution in [1.29, 1.82) is 0 Å². The maximum Gasteiger partial charge on any atom is 0.309 e. The quantitative estimate of drug-likeness (QED) is 0.469. The van der Waals surface area contributed by atoms with Gasteiger partial charge in [-0.2, -0.15) is 0 Å². The lowest BCUT2D eigenvalue weighted by Crippen LogP contribution is -2.20. The number of cyclic esters (lactones) is 1. The molecule has 0 radical (unpaired) electrons. The molecule has 6 heteroatoms. The van der Waals surface area contributed by atoms with Crippen LogP contribution in [0.4, 0.5) is 5.69 Å². The number of esters is 1. The number of ether oxygens (including phenoxy) is 3. The van der Waals surface area contributed by atoms with Crippen molar-refractivity contribution in [2.75, 3.05) is 26.6 Å². The van der Waals surface area contributed by atoms with Gasteiger partial charge in [-0.15, -0.1) is 0 Å². The van der Waals surface area contributed by atoms with Crippen molar-refractivity contribution < 1.29 is 24.1 Å². The SMILES string of the molecule is COc1ccc(C[C@H]2COC(=O)[C@@H]2Cc2ccc(O)c(N)c2)cc1OC. The van der Waals surface area contributed by atoms with Crippen LogP contribution in [0.3, 0.4) is 0 Å². The Bertz CT molecular complexity index is 805. The Kier molecular flexibility index (Phi) is 5.21. The van der Waals surface area contributed by atoms with Crippen LogP contribution in [-0.4, -0.2) is 31.9 Å². The molecule has 0 amide bonds. The highest BCUT2D eigenvalue weighted by Crippen LogP contribution is 2.33. The highest BCUT2D eigenvalue weighted by atomic mass is 16.5. The zero-order valence-corrected chi connectivity index (χ0v) is 14.9. The van der Waals surface area contributed by atoms with Crippen LogP contribution in [0, 0.1) is 11.8 Å². The predicted molar refractivity (Wildman–Crippen MR) is 97.4 cm³/mol. The third-order valence-corrected chi connectivity index (χ3v) is 4.80. The van der Waals surface area contributed by atoms with E-state index in [1.807, 2.05) is 18.2 Å². The van der Waals surface area contributed by atoms with Crippen molar-refractivity contribution in [1.82, 2.24) is 0 Å². The number of hydrogen-bond acceptors (Lipinski definition) is 6. The summed E-state index contributed by atoms with van der Waals surface area (Å²) in [6.07, 6.45) is 1.23. The second-order valence-corrected chi connectivity index (χ2v) is 6.49. The van der Waals surface area contributed by atoms with Crippen molar-refractivity contribution in [3.05, 3.63) is 47.5 Å². The van der Waals surface area contributed by atoms with Crippen LogP contribution in [0.15, 0.2) is 36.4 Å². The van der Waals surface area contributed by atoms with Gasteiger partial charge in [0.1, 0.15) is 5.75 Å². The second-order valence-electron chi connectivity index (χ2n) is 6.49. The van der Waals surface area contributed by atoms with Gasteiger partial charge < -0.3 is 25.1 Å². The molecular formula is C20H23NO5. The number of benzene rings is 2. The fourth-order valence-electron chi connectivity index (χ4n) is 3.35. The van der Waals surface area contributed by atoms with E-state index >= 15 is 0 Å². The summed E-state index contributed by atoms with van der Waals surface area (Å²) in [5.41, 5.74) is 8.03. The molecular weight excluding hydrogens is 334 g/mol. The van der Waals surface area contributed by atoms with Crippen LogP contribution >= 0.6 is 0 Å². The topological polar surface area (TPSA) is 91.0 Å². The van der Waals surface area contributed by atoms with Crippen LogP contribution < -0.4 is 15.2 Å². The molecule has 0 bridgehead atoms. The van der Waals surface area contributed by atoms with Gasteiger partial charge in [0.15, 0.2) is 11.5 Å². The van der Waals surface area contributed by atoms with E-state index in [9.17, 15) is 9.90 Å². The lowest BCUT2D eigenvalue weighted by atomic mass is 9.85. The molecule has 1 fully saturated rings. The zero-order chi connectivity index (χ0) is 18.7. The number of nitrogen functional groups attached to an aromatic ring is 1. The number of phenols is 1. The summed E-state index contributed by atoms with van der Waals surface area (Å²) in [6.45, 7) is 0.394. The van der Waals surface area contributed by atoms with Gasteiger partial charge in [0.2, 0.25) is 0 Å². The van der Waals surface area contributed by atoms with Gasteiger partial charge >= 0.3 is 5.97 Å². The van der Waals surface area contributed by atoms with E-state index in [2.05, 4.69) is 0 Å². The minimum Gasteiger partial charge on any atom is -0.506 e. The molecule has 6 nitrogen and oxygen atoms in total. The summed E-state index contributed by atoms with van der Waals surface area (Å²) in [7, 11) is 3.20. The molecule has 0 spiro atoms. The standard InChI is InChI=1S/C20H23NO5/c1-24-18-6-4-12(10-19(18)25-2)7-14-11-26-20(23)15(14)8-13-3-5-17(22)16(21)9-13/h3-6,9-10,14-15,22H,7-8,11,21H2,1-2H3/t14-,15+/m0/s1. The molecule has 1 heterocycles. The molecule has 1 saturated heterocycles. The van der Waals surface area contributed by atoms with Gasteiger partial charge in [0.05, 0.1) is 32.4 Å². The Labute approximate surface area is 152 Å². The third kappa shape index (κ3) is 3.69. The van der Waals surface area contributed by atoms with Crippen LogP contribution in [0.1, 0.15) is 11.1 Å². The molecule has 0 unspecified atom stereocenters. The molecule has 3 rings (SSSR count). The Morgan fingerprint density at radius 2 is 1.77 bits per heavy atom. The van der Waals surface area contributed by atoms with Crippen molar-refractivity contribution >= 4 is 11.7 Å². The maximum atomic E-state index is 12.2. The summed E-state index contributed by atoms with van der Waals surface area (Å²) in [4.78, 5) is 12.2. The molecule has 0 aromatic heterocycles. The number of carbonyl (C=O) groups excluding carboxylic acids is 1. The zero-order valence-electron chi connectivity index (χ0n) is 14.9. The molecule has 138 valence electrons. The largest absolute Gasteiger partial charge is 0.506 e. The fourth-order valence-corrected chi connectivity index (χ4v) is 3.35. The molecule has 3 N–H and O–H groups in total. The van der Waals surface area contributed by atoms with E-state index < -0.39 is 0 Å². The van der Waals surface area contributed by atoms with E-state index in [0.717, 1.165) is 11.1 Å². The number of nitrogens with two attached hydrogens (primary N) is 1. The van der Waals surface area contributed by atoms with Crippen molar-refractivity contribution in [3.8, 4) is 17.2 Å². The van der Waals surface area contributed by atoms with Crippen molar-refractivity contribution in [3.63, 3.8) is 0 Å². The summed E-state index contributed by atoms with van der Waals surface area (Å²) >= 11 is 0. The number of aromatic hydroxyl groups is 1. The van der Waals surface area contributed by atoms with E-state index in [0.29, 0.717) is 36.6 Å². The van der Waals surface area contributed by atoms with Gasteiger partial charge in [0.25, 0.3) is 0 Å². The predicted octanol–water partition coefficient (Wildman–Crippen LogP) is 2.57. The normalized spacial score (nSPS) is 19.2. The first-order valence-electron chi connectivity index (χ1n) is 8.46. The average Bonchev–Trinajstić information content (AvgIpc) is 2.98. The molecule has 2 aromatic carbocycles. The number of rotatable bonds is 6. The van der Waals surface area contributed by atoms with E-state index in [1.165, 1.54) is 0 Å². The molecule has 0 saturated carbocycles. The van der Waals surface area contributed by atoms with Gasteiger partial charge in [-0.25, -0.2) is 0 Å². The van der Waals surface area contributed by atoms with Crippen LogP contribution in [0.5, 0.6) is 17.2 Å². The number of phenolic OH excluding ortho intramolecular Hbond substituents is 1.